The Morgan fingerprint density at radius 3 is 1.79 bits per heavy atom. The minimum atomic E-state index is -0.756. The van der Waals surface area contributed by atoms with Crippen LogP contribution >= 0.6 is 0 Å². The molecular formula is C29H30N4O6. The van der Waals surface area contributed by atoms with Crippen LogP contribution < -0.4 is 16.0 Å². The normalized spacial score (nSPS) is 10.2. The van der Waals surface area contributed by atoms with Crippen molar-refractivity contribution in [2.45, 2.75) is 26.1 Å². The number of hydrogen-bond donors (Lipinski definition) is 4. The molecule has 202 valence electrons. The zero-order valence-corrected chi connectivity index (χ0v) is 21.3. The molecule has 0 spiro atoms. The molecule has 0 heterocycles. The van der Waals surface area contributed by atoms with Crippen molar-refractivity contribution in [3.63, 3.8) is 0 Å². The highest BCUT2D eigenvalue weighted by Crippen LogP contribution is 2.06. The third-order valence-electron chi connectivity index (χ3n) is 5.41. The molecule has 0 radical (unpaired) electrons. The molecule has 0 aliphatic carbocycles. The summed E-state index contributed by atoms with van der Waals surface area (Å²) in [5.41, 5.74) is 2.44. The highest BCUT2D eigenvalue weighted by molar-refractivity contribution is 6.05. The van der Waals surface area contributed by atoms with Gasteiger partial charge in [-0.2, -0.15) is 0 Å². The number of ether oxygens (including phenoxy) is 2. The summed E-state index contributed by atoms with van der Waals surface area (Å²) in [5.74, 6) is -1.27. The first-order valence-corrected chi connectivity index (χ1v) is 12.3. The van der Waals surface area contributed by atoms with Gasteiger partial charge in [-0.05, 0) is 23.3 Å². The zero-order valence-electron chi connectivity index (χ0n) is 21.3. The van der Waals surface area contributed by atoms with Gasteiger partial charge in [-0.3, -0.25) is 25.1 Å². The monoisotopic (exact) mass is 530 g/mol. The van der Waals surface area contributed by atoms with Gasteiger partial charge in [0, 0.05) is 30.6 Å². The van der Waals surface area contributed by atoms with Gasteiger partial charge in [0.05, 0.1) is 6.42 Å². The Bertz CT molecular complexity index is 1260. The minimum absolute atomic E-state index is 0.0442. The van der Waals surface area contributed by atoms with Crippen molar-refractivity contribution in [3.05, 3.63) is 107 Å². The van der Waals surface area contributed by atoms with Crippen molar-refractivity contribution in [1.29, 1.82) is 5.41 Å². The predicted molar refractivity (Wildman–Crippen MR) is 144 cm³/mol. The third-order valence-corrected chi connectivity index (χ3v) is 5.41. The average Bonchev–Trinajstić information content (AvgIpc) is 2.96. The largest absolute Gasteiger partial charge is 0.461 e. The molecule has 0 fully saturated rings. The fourth-order valence-electron chi connectivity index (χ4n) is 3.32. The molecule has 0 unspecified atom stereocenters. The van der Waals surface area contributed by atoms with Gasteiger partial charge in [-0.25, -0.2) is 4.79 Å². The highest BCUT2D eigenvalue weighted by Gasteiger charge is 2.11. The van der Waals surface area contributed by atoms with Gasteiger partial charge in [0.25, 0.3) is 5.91 Å². The van der Waals surface area contributed by atoms with E-state index < -0.39 is 12.1 Å². The van der Waals surface area contributed by atoms with Gasteiger partial charge in [0.2, 0.25) is 5.91 Å². The second-order valence-corrected chi connectivity index (χ2v) is 8.39. The van der Waals surface area contributed by atoms with E-state index in [9.17, 15) is 19.2 Å². The summed E-state index contributed by atoms with van der Waals surface area (Å²) in [6.45, 7) is 0.509. The summed E-state index contributed by atoms with van der Waals surface area (Å²) >= 11 is 0. The Morgan fingerprint density at radius 2 is 1.18 bits per heavy atom. The third kappa shape index (κ3) is 10.5. The number of nitrogens with one attached hydrogen (secondary N) is 4. The molecule has 10 nitrogen and oxygen atoms in total. The van der Waals surface area contributed by atoms with E-state index >= 15 is 0 Å². The lowest BCUT2D eigenvalue weighted by molar-refractivity contribution is -0.144. The Kier molecular flexibility index (Phi) is 11.2. The molecule has 3 aromatic rings. The first kappa shape index (κ1) is 28.6. The summed E-state index contributed by atoms with van der Waals surface area (Å²) in [7, 11) is 0. The van der Waals surface area contributed by atoms with E-state index in [1.54, 1.807) is 0 Å². The molecule has 39 heavy (non-hydrogen) atoms. The second-order valence-electron chi connectivity index (χ2n) is 8.39. The number of alkyl carbamates (subject to hydrolysis) is 1. The van der Waals surface area contributed by atoms with Crippen LogP contribution in [-0.4, -0.2) is 42.8 Å². The molecule has 3 amide bonds. The Morgan fingerprint density at radius 1 is 0.641 bits per heavy atom. The Labute approximate surface area is 226 Å². The lowest BCUT2D eigenvalue weighted by Gasteiger charge is -2.09. The van der Waals surface area contributed by atoms with E-state index in [2.05, 4.69) is 16.0 Å². The quantitative estimate of drug-likeness (QED) is 0.161. The van der Waals surface area contributed by atoms with Gasteiger partial charge in [-0.1, -0.05) is 72.8 Å². The molecular weight excluding hydrogens is 500 g/mol. The average molecular weight is 531 g/mol. The van der Waals surface area contributed by atoms with Crippen LogP contribution in [0, 0.1) is 5.41 Å². The summed E-state index contributed by atoms with van der Waals surface area (Å²) in [4.78, 5) is 48.0. The Hall–Kier alpha value is -4.99. The summed E-state index contributed by atoms with van der Waals surface area (Å²) in [6, 6.07) is 24.5. The van der Waals surface area contributed by atoms with Crippen LogP contribution in [0.5, 0.6) is 0 Å². The van der Waals surface area contributed by atoms with E-state index in [0.29, 0.717) is 11.1 Å². The molecule has 3 aromatic carbocycles. The molecule has 0 saturated heterocycles. The predicted octanol–water partition coefficient (Wildman–Crippen LogP) is 3.31. The van der Waals surface area contributed by atoms with E-state index in [4.69, 9.17) is 14.9 Å². The first-order chi connectivity index (χ1) is 18.9. The Balaban J connectivity index is 1.29. The number of hydrogen-bond acceptors (Lipinski definition) is 7. The fraction of sp³-hybridized carbons (Fsp3) is 0.207. The molecule has 3 rings (SSSR count). The maximum atomic E-state index is 12.3. The maximum Gasteiger partial charge on any atom is 0.413 e. The number of esters is 1. The lowest BCUT2D eigenvalue weighted by atomic mass is 10.1. The maximum absolute atomic E-state index is 12.3. The fourth-order valence-corrected chi connectivity index (χ4v) is 3.32. The minimum Gasteiger partial charge on any atom is -0.461 e. The standard InChI is InChI=1S/C29H30N4O6/c30-27(33-29(37)39-20-22-9-5-2-6-10-22)23-11-13-24(14-12-23)28(36)32-17-15-25(34)31-18-16-26(35)38-19-21-7-3-1-4-8-21/h1-14H,15-20H2,(H,31,34)(H,32,36)(H2,30,33,37). The molecule has 0 aliphatic heterocycles. The number of amidine groups is 1. The second kappa shape index (κ2) is 15.3. The van der Waals surface area contributed by atoms with Crippen LogP contribution in [0.3, 0.4) is 0 Å². The number of carbonyl (C=O) groups excluding carboxylic acids is 4. The van der Waals surface area contributed by atoms with Crippen LogP contribution in [0.25, 0.3) is 0 Å². The topological polar surface area (TPSA) is 147 Å². The van der Waals surface area contributed by atoms with Crippen LogP contribution in [0.1, 0.15) is 39.9 Å². The number of benzene rings is 3. The lowest BCUT2D eigenvalue weighted by Crippen LogP contribution is -2.32. The van der Waals surface area contributed by atoms with Crippen molar-refractivity contribution in [2.24, 2.45) is 0 Å². The van der Waals surface area contributed by atoms with Crippen molar-refractivity contribution in [1.82, 2.24) is 16.0 Å². The van der Waals surface area contributed by atoms with E-state index in [-0.39, 0.29) is 56.8 Å². The van der Waals surface area contributed by atoms with Gasteiger partial charge in [0.1, 0.15) is 19.0 Å². The molecule has 4 N–H and O–H groups in total. The SMILES string of the molecule is N=C(NC(=O)OCc1ccccc1)c1ccc(C(=O)NCCC(=O)NCCC(=O)OCc2ccccc2)cc1. The van der Waals surface area contributed by atoms with Crippen molar-refractivity contribution in [3.8, 4) is 0 Å². The van der Waals surface area contributed by atoms with E-state index in [0.717, 1.165) is 11.1 Å². The number of amides is 3. The summed E-state index contributed by atoms with van der Waals surface area (Å²) < 4.78 is 10.3. The number of carbonyl (C=O) groups is 4. The molecule has 0 bridgehead atoms. The first-order valence-electron chi connectivity index (χ1n) is 12.3. The van der Waals surface area contributed by atoms with Gasteiger partial charge in [0.15, 0.2) is 0 Å². The molecule has 0 saturated carbocycles. The zero-order chi connectivity index (χ0) is 27.9. The van der Waals surface area contributed by atoms with E-state index in [1.165, 1.54) is 24.3 Å². The molecule has 0 atom stereocenters. The van der Waals surface area contributed by atoms with E-state index in [1.807, 2.05) is 60.7 Å². The smallest absolute Gasteiger partial charge is 0.413 e. The summed E-state index contributed by atoms with van der Waals surface area (Å²) in [5, 5.41) is 15.7. The molecule has 10 heteroatoms. The van der Waals surface area contributed by atoms with Crippen LogP contribution in [0.2, 0.25) is 0 Å². The van der Waals surface area contributed by atoms with Crippen molar-refractivity contribution >= 4 is 29.7 Å². The summed E-state index contributed by atoms with van der Waals surface area (Å²) in [6.07, 6.45) is -0.665. The number of rotatable bonds is 12. The van der Waals surface area contributed by atoms with Crippen LogP contribution in [0.15, 0.2) is 84.9 Å². The van der Waals surface area contributed by atoms with Crippen molar-refractivity contribution < 1.29 is 28.7 Å². The molecule has 0 aromatic heterocycles. The van der Waals surface area contributed by atoms with Crippen LogP contribution in [0.4, 0.5) is 4.79 Å². The van der Waals surface area contributed by atoms with Gasteiger partial charge >= 0.3 is 12.1 Å². The van der Waals surface area contributed by atoms with Gasteiger partial charge in [-0.15, -0.1) is 0 Å². The molecule has 0 aliphatic rings. The van der Waals surface area contributed by atoms with Crippen LogP contribution in [-0.2, 0) is 32.3 Å². The highest BCUT2D eigenvalue weighted by atomic mass is 16.5. The van der Waals surface area contributed by atoms with Gasteiger partial charge < -0.3 is 20.1 Å². The van der Waals surface area contributed by atoms with Crippen molar-refractivity contribution in [2.75, 3.05) is 13.1 Å².